The SMILES string of the molecule is COc1ccccc1-c1cccn2nc(Nc3ccc4c(c3)CCN(C(=O)O)CC4)nc12. The van der Waals surface area contributed by atoms with Gasteiger partial charge in [-0.25, -0.2) is 9.31 Å². The van der Waals surface area contributed by atoms with Crippen molar-refractivity contribution in [1.82, 2.24) is 19.5 Å². The standard InChI is InChI=1S/C24H23N5O3/c1-32-21-7-3-2-5-19(21)20-6-4-12-29-22(20)26-23(27-29)25-18-9-8-16-10-13-28(24(30)31)14-11-17(16)15-18/h2-9,12,15H,10-11,13-14H2,1H3,(H,25,27)(H,30,31). The normalized spacial score (nSPS) is 13.5. The van der Waals surface area contributed by atoms with E-state index in [-0.39, 0.29) is 0 Å². The Labute approximate surface area is 185 Å². The van der Waals surface area contributed by atoms with Gasteiger partial charge in [0.15, 0.2) is 5.65 Å². The second-order valence-corrected chi connectivity index (χ2v) is 7.70. The Morgan fingerprint density at radius 2 is 1.81 bits per heavy atom. The number of rotatable bonds is 4. The molecule has 2 aromatic carbocycles. The van der Waals surface area contributed by atoms with Crippen LogP contribution in [0, 0.1) is 0 Å². The maximum absolute atomic E-state index is 11.3. The second-order valence-electron chi connectivity index (χ2n) is 7.70. The first-order chi connectivity index (χ1) is 15.6. The van der Waals surface area contributed by atoms with Crippen molar-refractivity contribution < 1.29 is 14.6 Å². The molecule has 1 amide bonds. The predicted molar refractivity (Wildman–Crippen MR) is 122 cm³/mol. The number of nitrogens with one attached hydrogen (secondary N) is 1. The number of benzene rings is 2. The van der Waals surface area contributed by atoms with Gasteiger partial charge in [-0.05, 0) is 54.3 Å². The zero-order chi connectivity index (χ0) is 22.1. The second kappa shape index (κ2) is 8.22. The number of para-hydroxylation sites is 1. The van der Waals surface area contributed by atoms with Gasteiger partial charge in [0.1, 0.15) is 5.75 Å². The summed E-state index contributed by atoms with van der Waals surface area (Å²) in [6.07, 6.45) is 2.41. The number of methoxy groups -OCH3 is 1. The number of carboxylic acid groups (broad SMARTS) is 1. The lowest BCUT2D eigenvalue weighted by Gasteiger charge is -2.14. The summed E-state index contributed by atoms with van der Waals surface area (Å²) < 4.78 is 7.27. The number of fused-ring (bicyclic) bond motifs is 2. The first-order valence-electron chi connectivity index (χ1n) is 10.5. The molecule has 4 aromatic rings. The number of hydrogen-bond donors (Lipinski definition) is 2. The number of pyridine rings is 1. The average molecular weight is 429 g/mol. The molecular formula is C24H23N5O3. The van der Waals surface area contributed by atoms with Gasteiger partial charge in [0.2, 0.25) is 5.95 Å². The molecule has 2 aromatic heterocycles. The van der Waals surface area contributed by atoms with Crippen molar-refractivity contribution in [2.45, 2.75) is 12.8 Å². The van der Waals surface area contributed by atoms with Gasteiger partial charge in [0.25, 0.3) is 0 Å². The van der Waals surface area contributed by atoms with Crippen LogP contribution in [0.2, 0.25) is 0 Å². The number of anilines is 2. The third-order valence-electron chi connectivity index (χ3n) is 5.79. The van der Waals surface area contributed by atoms with Crippen LogP contribution in [-0.4, -0.2) is 50.9 Å². The van der Waals surface area contributed by atoms with Crippen molar-refractivity contribution in [3.05, 3.63) is 71.9 Å². The Morgan fingerprint density at radius 1 is 1.03 bits per heavy atom. The van der Waals surface area contributed by atoms with Crippen molar-refractivity contribution in [2.24, 2.45) is 0 Å². The van der Waals surface area contributed by atoms with Gasteiger partial charge < -0.3 is 20.1 Å². The summed E-state index contributed by atoms with van der Waals surface area (Å²) in [7, 11) is 1.66. The molecule has 0 radical (unpaired) electrons. The minimum atomic E-state index is -0.865. The molecule has 8 nitrogen and oxygen atoms in total. The molecule has 1 aliphatic rings. The smallest absolute Gasteiger partial charge is 0.407 e. The molecule has 0 saturated heterocycles. The molecule has 0 atom stereocenters. The Kier molecular flexibility index (Phi) is 5.10. The Hall–Kier alpha value is -4.07. The maximum atomic E-state index is 11.3. The number of aromatic nitrogens is 3. The number of nitrogens with zero attached hydrogens (tertiary/aromatic N) is 4. The molecule has 2 N–H and O–H groups in total. The lowest BCUT2D eigenvalue weighted by atomic mass is 10.0. The van der Waals surface area contributed by atoms with Crippen molar-refractivity contribution in [3.63, 3.8) is 0 Å². The van der Waals surface area contributed by atoms with E-state index in [1.165, 1.54) is 10.5 Å². The summed E-state index contributed by atoms with van der Waals surface area (Å²) in [6.45, 7) is 1.02. The third kappa shape index (κ3) is 3.71. The van der Waals surface area contributed by atoms with E-state index in [1.54, 1.807) is 11.6 Å². The fourth-order valence-electron chi connectivity index (χ4n) is 4.16. The highest BCUT2D eigenvalue weighted by Gasteiger charge is 2.18. The first-order valence-corrected chi connectivity index (χ1v) is 10.5. The van der Waals surface area contributed by atoms with Crippen LogP contribution in [0.1, 0.15) is 11.1 Å². The van der Waals surface area contributed by atoms with E-state index < -0.39 is 6.09 Å². The minimum Gasteiger partial charge on any atom is -0.496 e. The summed E-state index contributed by atoms with van der Waals surface area (Å²) in [5.41, 5.74) is 5.82. The highest BCUT2D eigenvalue weighted by atomic mass is 16.5. The van der Waals surface area contributed by atoms with Gasteiger partial charge >= 0.3 is 6.09 Å². The van der Waals surface area contributed by atoms with Crippen LogP contribution in [0.4, 0.5) is 16.4 Å². The number of amides is 1. The highest BCUT2D eigenvalue weighted by Crippen LogP contribution is 2.32. The van der Waals surface area contributed by atoms with Gasteiger partial charge in [-0.15, -0.1) is 5.10 Å². The van der Waals surface area contributed by atoms with Crippen molar-refractivity contribution in [2.75, 3.05) is 25.5 Å². The molecule has 32 heavy (non-hydrogen) atoms. The quantitative estimate of drug-likeness (QED) is 0.505. The number of ether oxygens (including phenoxy) is 1. The molecule has 0 fully saturated rings. The lowest BCUT2D eigenvalue weighted by Crippen LogP contribution is -2.31. The van der Waals surface area contributed by atoms with E-state index in [1.807, 2.05) is 48.7 Å². The van der Waals surface area contributed by atoms with E-state index in [9.17, 15) is 9.90 Å². The van der Waals surface area contributed by atoms with Crippen molar-refractivity contribution >= 4 is 23.4 Å². The molecule has 0 aliphatic carbocycles. The number of hydrogen-bond acceptors (Lipinski definition) is 5. The maximum Gasteiger partial charge on any atom is 0.407 e. The fraction of sp³-hybridized carbons (Fsp3) is 0.208. The number of carbonyl (C=O) groups is 1. The molecule has 0 unspecified atom stereocenters. The summed E-state index contributed by atoms with van der Waals surface area (Å²) in [6, 6.07) is 17.9. The lowest BCUT2D eigenvalue weighted by molar-refractivity contribution is 0.147. The zero-order valence-electron chi connectivity index (χ0n) is 17.7. The van der Waals surface area contributed by atoms with E-state index in [0.717, 1.165) is 40.2 Å². The van der Waals surface area contributed by atoms with Gasteiger partial charge in [0, 0.05) is 36.1 Å². The monoisotopic (exact) mass is 429 g/mol. The van der Waals surface area contributed by atoms with Crippen LogP contribution in [0.15, 0.2) is 60.8 Å². The molecular weight excluding hydrogens is 406 g/mol. The first kappa shape index (κ1) is 19.9. The van der Waals surface area contributed by atoms with Crippen LogP contribution in [0.25, 0.3) is 16.8 Å². The largest absolute Gasteiger partial charge is 0.496 e. The Morgan fingerprint density at radius 3 is 2.62 bits per heavy atom. The fourth-order valence-corrected chi connectivity index (χ4v) is 4.16. The zero-order valence-corrected chi connectivity index (χ0v) is 17.7. The topological polar surface area (TPSA) is 92.0 Å². The summed E-state index contributed by atoms with van der Waals surface area (Å²) in [5, 5.41) is 17.2. The Balaban J connectivity index is 1.44. The summed E-state index contributed by atoms with van der Waals surface area (Å²) >= 11 is 0. The van der Waals surface area contributed by atoms with E-state index in [2.05, 4.69) is 22.5 Å². The van der Waals surface area contributed by atoms with Crippen LogP contribution in [0.5, 0.6) is 5.75 Å². The van der Waals surface area contributed by atoms with Crippen LogP contribution in [0.3, 0.4) is 0 Å². The molecule has 162 valence electrons. The summed E-state index contributed by atoms with van der Waals surface area (Å²) in [5.74, 6) is 1.27. The van der Waals surface area contributed by atoms with E-state index in [4.69, 9.17) is 9.72 Å². The van der Waals surface area contributed by atoms with Gasteiger partial charge in [-0.2, -0.15) is 4.98 Å². The van der Waals surface area contributed by atoms with E-state index in [0.29, 0.717) is 25.5 Å². The highest BCUT2D eigenvalue weighted by molar-refractivity contribution is 5.82. The molecule has 5 rings (SSSR count). The van der Waals surface area contributed by atoms with Gasteiger partial charge in [0.05, 0.1) is 7.11 Å². The van der Waals surface area contributed by atoms with Crippen LogP contribution < -0.4 is 10.1 Å². The molecule has 3 heterocycles. The van der Waals surface area contributed by atoms with Gasteiger partial charge in [-0.1, -0.05) is 24.3 Å². The molecule has 0 bridgehead atoms. The predicted octanol–water partition coefficient (Wildman–Crippen LogP) is 4.23. The molecule has 0 saturated carbocycles. The van der Waals surface area contributed by atoms with E-state index >= 15 is 0 Å². The van der Waals surface area contributed by atoms with Crippen molar-refractivity contribution in [3.8, 4) is 16.9 Å². The van der Waals surface area contributed by atoms with Crippen molar-refractivity contribution in [1.29, 1.82) is 0 Å². The Bertz CT molecular complexity index is 1300. The summed E-state index contributed by atoms with van der Waals surface area (Å²) in [4.78, 5) is 17.5. The molecule has 0 spiro atoms. The van der Waals surface area contributed by atoms with Crippen LogP contribution in [-0.2, 0) is 12.8 Å². The molecule has 8 heteroatoms. The van der Waals surface area contributed by atoms with Crippen LogP contribution >= 0.6 is 0 Å². The molecule has 1 aliphatic heterocycles. The van der Waals surface area contributed by atoms with Gasteiger partial charge in [-0.3, -0.25) is 0 Å². The third-order valence-corrected chi connectivity index (χ3v) is 5.79. The minimum absolute atomic E-state index is 0.494. The average Bonchev–Trinajstić information content (AvgIpc) is 3.09.